The van der Waals surface area contributed by atoms with Gasteiger partial charge in [-0.2, -0.15) is 0 Å². The lowest BCUT2D eigenvalue weighted by Crippen LogP contribution is -2.35. The molecule has 0 saturated heterocycles. The molecule has 0 heterocycles. The third-order valence-corrected chi connectivity index (χ3v) is 2.48. The topological polar surface area (TPSA) is 93.5 Å². The minimum absolute atomic E-state index is 0.0782. The Morgan fingerprint density at radius 3 is 2.75 bits per heavy atom. The first-order chi connectivity index (χ1) is 9.62. The third kappa shape index (κ3) is 4.30. The van der Waals surface area contributed by atoms with Gasteiger partial charge in [-0.3, -0.25) is 9.59 Å². The van der Waals surface area contributed by atoms with Gasteiger partial charge in [0.1, 0.15) is 5.75 Å². The van der Waals surface area contributed by atoms with Crippen molar-refractivity contribution >= 4 is 11.8 Å². The molecule has 0 aliphatic rings. The van der Waals surface area contributed by atoms with E-state index >= 15 is 0 Å². The minimum atomic E-state index is -0.355. The monoisotopic (exact) mass is 275 g/mol. The van der Waals surface area contributed by atoms with Crippen LogP contribution >= 0.6 is 0 Å². The number of amides is 2. The lowest BCUT2D eigenvalue weighted by atomic mass is 10.1. The van der Waals surface area contributed by atoms with Crippen molar-refractivity contribution in [2.24, 2.45) is 5.73 Å². The Morgan fingerprint density at radius 2 is 2.15 bits per heavy atom. The number of carbonyl (C=O) groups is 2. The molecule has 1 rings (SSSR count). The highest BCUT2D eigenvalue weighted by Crippen LogP contribution is 2.18. The van der Waals surface area contributed by atoms with Crippen molar-refractivity contribution in [2.45, 2.75) is 0 Å². The number of ether oxygens (including phenoxy) is 1. The van der Waals surface area contributed by atoms with E-state index in [4.69, 9.17) is 10.5 Å². The summed E-state index contributed by atoms with van der Waals surface area (Å²) in [6, 6.07) is 4.85. The van der Waals surface area contributed by atoms with Crippen LogP contribution in [0.15, 0.2) is 18.2 Å². The van der Waals surface area contributed by atoms with Crippen LogP contribution in [0.4, 0.5) is 0 Å². The highest BCUT2D eigenvalue weighted by Gasteiger charge is 2.10. The van der Waals surface area contributed by atoms with Gasteiger partial charge in [-0.1, -0.05) is 11.8 Å². The molecular formula is C14H17N3O3. The van der Waals surface area contributed by atoms with Crippen molar-refractivity contribution in [1.29, 1.82) is 0 Å². The molecule has 2 amide bonds. The summed E-state index contributed by atoms with van der Waals surface area (Å²) in [5, 5.41) is 4.93. The average molecular weight is 275 g/mol. The zero-order valence-electron chi connectivity index (χ0n) is 11.4. The summed E-state index contributed by atoms with van der Waals surface area (Å²) >= 11 is 0. The van der Waals surface area contributed by atoms with Crippen LogP contribution in [0.3, 0.4) is 0 Å². The van der Waals surface area contributed by atoms with Gasteiger partial charge in [0.25, 0.3) is 5.91 Å². The van der Waals surface area contributed by atoms with E-state index < -0.39 is 0 Å². The fourth-order valence-electron chi connectivity index (χ4n) is 1.44. The first-order valence-electron chi connectivity index (χ1n) is 5.98. The Morgan fingerprint density at radius 1 is 1.40 bits per heavy atom. The molecule has 6 nitrogen and oxygen atoms in total. The highest BCUT2D eigenvalue weighted by molar-refractivity contribution is 5.97. The van der Waals surface area contributed by atoms with Crippen molar-refractivity contribution in [2.75, 3.05) is 27.2 Å². The normalized spacial score (nSPS) is 9.15. The number of carbonyl (C=O) groups excluding carboxylic acids is 2. The SMILES string of the molecule is CNC(=O)CNC(=O)c1ccc(OC)c(C#CCN)c1. The second kappa shape index (κ2) is 7.81. The minimum Gasteiger partial charge on any atom is -0.495 e. The van der Waals surface area contributed by atoms with Gasteiger partial charge in [0, 0.05) is 12.6 Å². The summed E-state index contributed by atoms with van der Waals surface area (Å²) in [7, 11) is 3.02. The number of likely N-dealkylation sites (N-methyl/N-ethyl adjacent to an activating group) is 1. The second-order valence-electron chi connectivity index (χ2n) is 3.78. The van der Waals surface area contributed by atoms with Crippen molar-refractivity contribution in [3.63, 3.8) is 0 Å². The fourth-order valence-corrected chi connectivity index (χ4v) is 1.44. The van der Waals surface area contributed by atoms with Crippen LogP contribution < -0.4 is 21.1 Å². The summed E-state index contributed by atoms with van der Waals surface area (Å²) < 4.78 is 5.15. The van der Waals surface area contributed by atoms with Gasteiger partial charge in [0.05, 0.1) is 25.8 Å². The van der Waals surface area contributed by atoms with Crippen molar-refractivity contribution in [3.05, 3.63) is 29.3 Å². The zero-order valence-corrected chi connectivity index (χ0v) is 11.4. The second-order valence-corrected chi connectivity index (χ2v) is 3.78. The van der Waals surface area contributed by atoms with E-state index in [1.165, 1.54) is 14.2 Å². The molecule has 0 bridgehead atoms. The quantitative estimate of drug-likeness (QED) is 0.645. The van der Waals surface area contributed by atoms with E-state index in [9.17, 15) is 9.59 Å². The lowest BCUT2D eigenvalue weighted by Gasteiger charge is -2.07. The van der Waals surface area contributed by atoms with Gasteiger partial charge in [0.2, 0.25) is 5.91 Å². The smallest absolute Gasteiger partial charge is 0.251 e. The Bertz CT molecular complexity index is 559. The Labute approximate surface area is 117 Å². The van der Waals surface area contributed by atoms with Crippen molar-refractivity contribution in [1.82, 2.24) is 10.6 Å². The van der Waals surface area contributed by atoms with Gasteiger partial charge < -0.3 is 21.1 Å². The predicted molar refractivity (Wildman–Crippen MR) is 75.3 cm³/mol. The highest BCUT2D eigenvalue weighted by atomic mass is 16.5. The molecule has 0 spiro atoms. The molecule has 20 heavy (non-hydrogen) atoms. The van der Waals surface area contributed by atoms with Crippen LogP contribution in [0.1, 0.15) is 15.9 Å². The summed E-state index contributed by atoms with van der Waals surface area (Å²) in [5.41, 5.74) is 6.30. The molecule has 0 aromatic heterocycles. The van der Waals surface area contributed by atoms with Crippen LogP contribution in [0, 0.1) is 11.8 Å². The van der Waals surface area contributed by atoms with Gasteiger partial charge in [-0.25, -0.2) is 0 Å². The lowest BCUT2D eigenvalue weighted by molar-refractivity contribution is -0.119. The molecule has 6 heteroatoms. The number of nitrogens with two attached hydrogens (primary N) is 1. The Hall–Kier alpha value is -2.52. The number of benzene rings is 1. The van der Waals surface area contributed by atoms with E-state index in [0.29, 0.717) is 16.9 Å². The van der Waals surface area contributed by atoms with Crippen LogP contribution in [0.25, 0.3) is 0 Å². The van der Waals surface area contributed by atoms with E-state index in [1.807, 2.05) is 0 Å². The number of nitrogens with one attached hydrogen (secondary N) is 2. The third-order valence-electron chi connectivity index (χ3n) is 2.48. The number of methoxy groups -OCH3 is 1. The maximum absolute atomic E-state index is 11.9. The number of hydrogen-bond acceptors (Lipinski definition) is 4. The van der Waals surface area contributed by atoms with Crippen LogP contribution in [0.5, 0.6) is 5.75 Å². The van der Waals surface area contributed by atoms with Crippen LogP contribution in [-0.4, -0.2) is 39.1 Å². The molecule has 0 aliphatic carbocycles. The number of hydrogen-bond donors (Lipinski definition) is 3. The maximum atomic E-state index is 11.9. The molecule has 1 aromatic rings. The van der Waals surface area contributed by atoms with E-state index in [1.54, 1.807) is 18.2 Å². The maximum Gasteiger partial charge on any atom is 0.251 e. The van der Waals surface area contributed by atoms with Gasteiger partial charge in [-0.15, -0.1) is 0 Å². The molecule has 0 aliphatic heterocycles. The van der Waals surface area contributed by atoms with Crippen molar-refractivity contribution < 1.29 is 14.3 Å². The molecule has 1 aromatic carbocycles. The Balaban J connectivity index is 2.90. The first kappa shape index (κ1) is 15.5. The molecule has 0 saturated carbocycles. The predicted octanol–water partition coefficient (Wildman–Crippen LogP) is -0.519. The zero-order chi connectivity index (χ0) is 15.0. The molecule has 0 fully saturated rings. The summed E-state index contributed by atoms with van der Waals surface area (Å²) in [6.07, 6.45) is 0. The standard InChI is InChI=1S/C14H17N3O3/c1-16-13(18)9-17-14(19)11-5-6-12(20-2)10(8-11)4-3-7-15/h5-6,8H,7,9,15H2,1-2H3,(H,16,18)(H,17,19). The molecule has 106 valence electrons. The Kier molecular flexibility index (Phi) is 6.07. The average Bonchev–Trinajstić information content (AvgIpc) is 2.49. The van der Waals surface area contributed by atoms with Crippen molar-refractivity contribution in [3.8, 4) is 17.6 Å². The fraction of sp³-hybridized carbons (Fsp3) is 0.286. The first-order valence-corrected chi connectivity index (χ1v) is 5.98. The van der Waals surface area contributed by atoms with E-state index in [2.05, 4.69) is 22.5 Å². The number of rotatable bonds is 4. The van der Waals surface area contributed by atoms with E-state index in [-0.39, 0.29) is 24.9 Å². The summed E-state index contributed by atoms with van der Waals surface area (Å²) in [4.78, 5) is 23.0. The largest absolute Gasteiger partial charge is 0.495 e. The molecule has 4 N–H and O–H groups in total. The van der Waals surface area contributed by atoms with Crippen LogP contribution in [0.2, 0.25) is 0 Å². The summed E-state index contributed by atoms with van der Waals surface area (Å²) in [6.45, 7) is 0.140. The van der Waals surface area contributed by atoms with Gasteiger partial charge in [-0.05, 0) is 18.2 Å². The molecule has 0 unspecified atom stereocenters. The molecule has 0 atom stereocenters. The van der Waals surface area contributed by atoms with E-state index in [0.717, 1.165) is 0 Å². The molecule has 0 radical (unpaired) electrons. The van der Waals surface area contributed by atoms with Gasteiger partial charge >= 0.3 is 0 Å². The van der Waals surface area contributed by atoms with Gasteiger partial charge in [0.15, 0.2) is 0 Å². The molecular weight excluding hydrogens is 258 g/mol. The summed E-state index contributed by atoms with van der Waals surface area (Å²) in [5.74, 6) is 5.48. The van der Waals surface area contributed by atoms with Crippen LogP contribution in [-0.2, 0) is 4.79 Å².